The molecule has 2 rings (SSSR count). The van der Waals surface area contributed by atoms with Gasteiger partial charge < -0.3 is 11.5 Å². The van der Waals surface area contributed by atoms with Crippen molar-refractivity contribution in [3.63, 3.8) is 0 Å². The van der Waals surface area contributed by atoms with Gasteiger partial charge in [-0.2, -0.15) is 26.3 Å². The van der Waals surface area contributed by atoms with Gasteiger partial charge in [-0.3, -0.25) is 4.79 Å². The van der Waals surface area contributed by atoms with Gasteiger partial charge in [0.2, 0.25) is 0 Å². The van der Waals surface area contributed by atoms with Crippen LogP contribution in [0.1, 0.15) is 18.4 Å². The Balaban J connectivity index is 0.00000242. The Hall–Kier alpha value is -1.66. The number of H-pyrrole nitrogens is 1. The second-order valence-corrected chi connectivity index (χ2v) is 4.17. The number of carboxylic acids is 1. The standard InChI is InChI=1S/C11H6F6N2O2.Li.H/c12-10(13,14)4-1-5(11(15,16)17)9-6(2-4)18-7(19-9)3-8(20)21;;/h1-2H,3H2,(H,18,19)(H,20,21);;/q;+1;-1. The number of nitrogens with one attached hydrogen (secondary N) is 1. The van der Waals surface area contributed by atoms with Crippen molar-refractivity contribution in [1.82, 2.24) is 9.97 Å². The van der Waals surface area contributed by atoms with Crippen LogP contribution in [0.25, 0.3) is 11.0 Å². The number of alkyl halides is 6. The summed E-state index contributed by atoms with van der Waals surface area (Å²) in [6.07, 6.45) is -10.7. The number of imidazole rings is 1. The smallest absolute Gasteiger partial charge is 1.00 e. The first-order valence-corrected chi connectivity index (χ1v) is 5.37. The number of carbonyl (C=O) groups is 1. The summed E-state index contributed by atoms with van der Waals surface area (Å²) in [6.45, 7) is 0. The number of carboxylic acid groups (broad SMARTS) is 1. The van der Waals surface area contributed by atoms with Crippen molar-refractivity contribution >= 4 is 17.0 Å². The van der Waals surface area contributed by atoms with Crippen molar-refractivity contribution in [2.75, 3.05) is 0 Å². The Morgan fingerprint density at radius 3 is 2.23 bits per heavy atom. The predicted octanol–water partition coefficient (Wildman–Crippen LogP) is 0.344. The minimum Gasteiger partial charge on any atom is -1.00 e. The van der Waals surface area contributed by atoms with E-state index >= 15 is 0 Å². The molecule has 0 atom stereocenters. The zero-order valence-electron chi connectivity index (χ0n) is 11.9. The third kappa shape index (κ3) is 3.75. The number of aromatic nitrogens is 2. The third-order valence-electron chi connectivity index (χ3n) is 2.59. The van der Waals surface area contributed by atoms with E-state index in [1.807, 2.05) is 0 Å². The topological polar surface area (TPSA) is 66.0 Å². The third-order valence-corrected chi connectivity index (χ3v) is 2.59. The van der Waals surface area contributed by atoms with Gasteiger partial charge in [-0.1, -0.05) is 0 Å². The molecule has 2 aromatic rings. The Bertz CT molecular complexity index is 713. The second-order valence-electron chi connectivity index (χ2n) is 4.17. The molecule has 0 aliphatic carbocycles. The SMILES string of the molecule is O=C(O)Cc1nc2c(C(F)(F)F)cc(C(F)(F)F)cc2[nH]1.[H-].[Li+]. The van der Waals surface area contributed by atoms with Gasteiger partial charge in [0, 0.05) is 0 Å². The maximum atomic E-state index is 12.8. The summed E-state index contributed by atoms with van der Waals surface area (Å²) in [5.74, 6) is -1.74. The van der Waals surface area contributed by atoms with Gasteiger partial charge in [-0.15, -0.1) is 0 Å². The first-order valence-electron chi connectivity index (χ1n) is 5.37. The van der Waals surface area contributed by atoms with E-state index in [2.05, 4.69) is 9.97 Å². The molecule has 0 amide bonds. The number of hydrogen-bond donors (Lipinski definition) is 2. The van der Waals surface area contributed by atoms with E-state index < -0.39 is 46.9 Å². The summed E-state index contributed by atoms with van der Waals surface area (Å²) in [5, 5.41) is 8.54. The van der Waals surface area contributed by atoms with Gasteiger partial charge in [-0.05, 0) is 12.1 Å². The molecule has 0 aliphatic heterocycles. The van der Waals surface area contributed by atoms with Crippen LogP contribution in [0.5, 0.6) is 0 Å². The van der Waals surface area contributed by atoms with E-state index in [9.17, 15) is 31.1 Å². The van der Waals surface area contributed by atoms with Crippen LogP contribution < -0.4 is 18.9 Å². The van der Waals surface area contributed by atoms with E-state index in [0.29, 0.717) is 6.07 Å². The number of benzene rings is 1. The maximum Gasteiger partial charge on any atom is 1.00 e. The first kappa shape index (κ1) is 18.4. The zero-order chi connectivity index (χ0) is 16.0. The van der Waals surface area contributed by atoms with Crippen LogP contribution in [0.3, 0.4) is 0 Å². The molecule has 0 saturated carbocycles. The van der Waals surface area contributed by atoms with E-state index in [-0.39, 0.29) is 32.2 Å². The number of hydrogen-bond acceptors (Lipinski definition) is 2. The van der Waals surface area contributed by atoms with Gasteiger partial charge >= 0.3 is 37.2 Å². The average molecular weight is 320 g/mol. The molecule has 0 spiro atoms. The average Bonchev–Trinajstić information content (AvgIpc) is 2.65. The zero-order valence-corrected chi connectivity index (χ0v) is 10.9. The van der Waals surface area contributed by atoms with Gasteiger partial charge in [0.25, 0.3) is 0 Å². The molecule has 0 saturated heterocycles. The molecule has 22 heavy (non-hydrogen) atoms. The fraction of sp³-hybridized carbons (Fsp3) is 0.273. The molecular weight excluding hydrogens is 313 g/mol. The fourth-order valence-corrected chi connectivity index (χ4v) is 1.78. The van der Waals surface area contributed by atoms with E-state index in [1.165, 1.54) is 0 Å². The Morgan fingerprint density at radius 1 is 1.18 bits per heavy atom. The van der Waals surface area contributed by atoms with Crippen molar-refractivity contribution in [1.29, 1.82) is 0 Å². The van der Waals surface area contributed by atoms with Crippen LogP contribution in [-0.4, -0.2) is 21.0 Å². The summed E-state index contributed by atoms with van der Waals surface area (Å²) in [5.41, 5.74) is -4.33. The predicted molar refractivity (Wildman–Crippen MR) is 58.5 cm³/mol. The molecule has 2 N–H and O–H groups in total. The Morgan fingerprint density at radius 2 is 1.77 bits per heavy atom. The molecule has 1 aromatic carbocycles. The van der Waals surface area contributed by atoms with Crippen molar-refractivity contribution < 1.29 is 56.5 Å². The minimum absolute atomic E-state index is 0. The number of nitrogens with zero attached hydrogens (tertiary/aromatic N) is 1. The molecule has 0 aliphatic rings. The van der Waals surface area contributed by atoms with Crippen molar-refractivity contribution in [2.24, 2.45) is 0 Å². The normalized spacial score (nSPS) is 12.3. The van der Waals surface area contributed by atoms with Crippen molar-refractivity contribution in [3.05, 3.63) is 29.1 Å². The van der Waals surface area contributed by atoms with E-state index in [0.717, 1.165) is 0 Å². The number of aromatic amines is 1. The van der Waals surface area contributed by atoms with Gasteiger partial charge in [-0.25, -0.2) is 4.98 Å². The van der Waals surface area contributed by atoms with Gasteiger partial charge in [0.15, 0.2) is 0 Å². The number of fused-ring (bicyclic) bond motifs is 1. The molecule has 0 unspecified atom stereocenters. The molecule has 11 heteroatoms. The quantitative estimate of drug-likeness (QED) is 0.620. The fourth-order valence-electron chi connectivity index (χ4n) is 1.78. The van der Waals surface area contributed by atoms with Crippen LogP contribution >= 0.6 is 0 Å². The van der Waals surface area contributed by atoms with E-state index in [1.54, 1.807) is 0 Å². The second kappa shape index (κ2) is 5.85. The molecule has 0 bridgehead atoms. The maximum absolute atomic E-state index is 12.8. The summed E-state index contributed by atoms with van der Waals surface area (Å²) < 4.78 is 76.3. The van der Waals surface area contributed by atoms with Crippen molar-refractivity contribution in [2.45, 2.75) is 18.8 Å². The van der Waals surface area contributed by atoms with Crippen LogP contribution in [0.4, 0.5) is 26.3 Å². The first-order chi connectivity index (χ1) is 9.48. The summed E-state index contributed by atoms with van der Waals surface area (Å²) in [4.78, 5) is 16.1. The Kier molecular flexibility index (Phi) is 4.89. The van der Waals surface area contributed by atoms with Gasteiger partial charge in [0.05, 0.1) is 16.6 Å². The van der Waals surface area contributed by atoms with Gasteiger partial charge in [0.1, 0.15) is 17.8 Å². The van der Waals surface area contributed by atoms with Crippen LogP contribution in [0.15, 0.2) is 12.1 Å². The molecule has 1 aromatic heterocycles. The molecular formula is C11H7F6LiN2O2. The van der Waals surface area contributed by atoms with E-state index in [4.69, 9.17) is 5.11 Å². The van der Waals surface area contributed by atoms with Crippen LogP contribution in [-0.2, 0) is 23.6 Å². The number of halogens is 6. The van der Waals surface area contributed by atoms with Crippen molar-refractivity contribution in [3.8, 4) is 0 Å². The largest absolute Gasteiger partial charge is 1.00 e. The summed E-state index contributed by atoms with van der Waals surface area (Å²) in [7, 11) is 0. The number of rotatable bonds is 2. The van der Waals surface area contributed by atoms with Crippen LogP contribution in [0.2, 0.25) is 0 Å². The van der Waals surface area contributed by atoms with Crippen LogP contribution in [0, 0.1) is 0 Å². The molecule has 116 valence electrons. The molecule has 4 nitrogen and oxygen atoms in total. The number of aliphatic carboxylic acids is 1. The molecule has 0 radical (unpaired) electrons. The summed E-state index contributed by atoms with van der Waals surface area (Å²) >= 11 is 0. The minimum atomic E-state index is -5.05. The monoisotopic (exact) mass is 320 g/mol. The molecule has 1 heterocycles. The molecule has 0 fully saturated rings. The summed E-state index contributed by atoms with van der Waals surface area (Å²) in [6, 6.07) is 0.413. The Labute approximate surface area is 132 Å².